The van der Waals surface area contributed by atoms with Gasteiger partial charge >= 0.3 is 5.69 Å². The van der Waals surface area contributed by atoms with E-state index in [9.17, 15) is 14.9 Å². The SMILES string of the molecule is O=c1ccn(CCCCCn2cccn2)cc1[N+](=O)[O-]. The summed E-state index contributed by atoms with van der Waals surface area (Å²) in [6.45, 7) is 1.54. The molecule has 0 aliphatic rings. The van der Waals surface area contributed by atoms with E-state index < -0.39 is 10.4 Å². The van der Waals surface area contributed by atoms with Gasteiger partial charge in [0.2, 0.25) is 0 Å². The molecule has 106 valence electrons. The topological polar surface area (TPSA) is 83.0 Å². The molecule has 0 aliphatic carbocycles. The average Bonchev–Trinajstić information content (AvgIpc) is 2.93. The van der Waals surface area contributed by atoms with E-state index in [1.165, 1.54) is 12.3 Å². The molecule has 0 atom stereocenters. The molecule has 0 radical (unpaired) electrons. The molecule has 0 bridgehead atoms. The Kier molecular flexibility index (Phi) is 4.65. The van der Waals surface area contributed by atoms with Crippen LogP contribution in [0.2, 0.25) is 0 Å². The van der Waals surface area contributed by atoms with Crippen molar-refractivity contribution < 1.29 is 4.92 Å². The summed E-state index contributed by atoms with van der Waals surface area (Å²) in [5.74, 6) is 0. The first-order chi connectivity index (χ1) is 9.66. The van der Waals surface area contributed by atoms with Crippen LogP contribution in [0.25, 0.3) is 0 Å². The summed E-state index contributed by atoms with van der Waals surface area (Å²) in [5, 5.41) is 14.8. The molecule has 0 aliphatic heterocycles. The van der Waals surface area contributed by atoms with Crippen molar-refractivity contribution in [3.05, 3.63) is 57.3 Å². The number of rotatable bonds is 7. The van der Waals surface area contributed by atoms with Crippen LogP contribution in [0, 0.1) is 10.1 Å². The van der Waals surface area contributed by atoms with Gasteiger partial charge in [-0.2, -0.15) is 5.10 Å². The van der Waals surface area contributed by atoms with E-state index in [0.717, 1.165) is 25.8 Å². The van der Waals surface area contributed by atoms with Gasteiger partial charge in [0.1, 0.15) is 0 Å². The van der Waals surface area contributed by atoms with Gasteiger partial charge in [-0.15, -0.1) is 0 Å². The molecule has 20 heavy (non-hydrogen) atoms. The predicted octanol–water partition coefficient (Wildman–Crippen LogP) is 1.82. The molecule has 0 saturated carbocycles. The third-order valence-corrected chi connectivity index (χ3v) is 3.02. The molecule has 0 aromatic carbocycles. The van der Waals surface area contributed by atoms with Gasteiger partial charge in [0, 0.05) is 37.7 Å². The summed E-state index contributed by atoms with van der Waals surface area (Å²) in [6, 6.07) is 3.13. The second-order valence-corrected chi connectivity index (χ2v) is 4.52. The van der Waals surface area contributed by atoms with Gasteiger partial charge in [0.25, 0.3) is 5.43 Å². The number of pyridine rings is 1. The van der Waals surface area contributed by atoms with Crippen LogP contribution in [0.15, 0.2) is 41.7 Å². The molecule has 0 fully saturated rings. The molecule has 0 saturated heterocycles. The van der Waals surface area contributed by atoms with Gasteiger partial charge in [-0.05, 0) is 25.3 Å². The van der Waals surface area contributed by atoms with Crippen LogP contribution in [0.4, 0.5) is 5.69 Å². The smallest absolute Gasteiger partial charge is 0.332 e. The monoisotopic (exact) mass is 276 g/mol. The number of hydrogen-bond donors (Lipinski definition) is 0. The standard InChI is InChI=1S/C13H16N4O3/c18-13-5-10-15(11-12(13)17(19)20)7-2-1-3-8-16-9-4-6-14-16/h4-6,9-11H,1-3,7-8H2. The first-order valence-electron chi connectivity index (χ1n) is 6.49. The fourth-order valence-corrected chi connectivity index (χ4v) is 1.97. The summed E-state index contributed by atoms with van der Waals surface area (Å²) in [4.78, 5) is 21.3. The molecule has 7 heteroatoms. The minimum atomic E-state index is -0.642. The highest BCUT2D eigenvalue weighted by molar-refractivity contribution is 5.25. The Hall–Kier alpha value is -2.44. The molecule has 2 aromatic rings. The van der Waals surface area contributed by atoms with E-state index >= 15 is 0 Å². The predicted molar refractivity (Wildman–Crippen MR) is 73.4 cm³/mol. The quantitative estimate of drug-likeness (QED) is 0.439. The van der Waals surface area contributed by atoms with Crippen molar-refractivity contribution in [2.45, 2.75) is 32.4 Å². The van der Waals surface area contributed by atoms with Gasteiger partial charge in [0.05, 0.1) is 11.1 Å². The first-order valence-corrected chi connectivity index (χ1v) is 6.49. The van der Waals surface area contributed by atoms with Crippen LogP contribution in [0.5, 0.6) is 0 Å². The van der Waals surface area contributed by atoms with Crippen LogP contribution < -0.4 is 5.43 Å². The molecule has 0 amide bonds. The Morgan fingerprint density at radius 2 is 2.00 bits per heavy atom. The minimum Gasteiger partial charge on any atom is -0.348 e. The molecule has 0 spiro atoms. The van der Waals surface area contributed by atoms with Crippen molar-refractivity contribution in [2.24, 2.45) is 0 Å². The fraction of sp³-hybridized carbons (Fsp3) is 0.385. The Labute approximate surface area is 115 Å². The maximum absolute atomic E-state index is 11.3. The summed E-state index contributed by atoms with van der Waals surface area (Å²) in [5.41, 5.74) is -0.922. The lowest BCUT2D eigenvalue weighted by Crippen LogP contribution is -2.11. The van der Waals surface area contributed by atoms with E-state index in [1.807, 2.05) is 16.9 Å². The fourth-order valence-electron chi connectivity index (χ4n) is 1.97. The molecule has 2 aromatic heterocycles. The van der Waals surface area contributed by atoms with Crippen molar-refractivity contribution in [3.8, 4) is 0 Å². The molecular formula is C13H16N4O3. The highest BCUT2D eigenvalue weighted by Crippen LogP contribution is 2.05. The number of aromatic nitrogens is 3. The van der Waals surface area contributed by atoms with Crippen LogP contribution in [-0.4, -0.2) is 19.3 Å². The Balaban J connectivity index is 1.78. The number of nitrogens with zero attached hydrogens (tertiary/aromatic N) is 4. The van der Waals surface area contributed by atoms with E-state index in [2.05, 4.69) is 5.10 Å². The van der Waals surface area contributed by atoms with Crippen LogP contribution in [0.3, 0.4) is 0 Å². The third-order valence-electron chi connectivity index (χ3n) is 3.02. The molecule has 2 heterocycles. The lowest BCUT2D eigenvalue weighted by Gasteiger charge is -2.06. The number of hydrogen-bond acceptors (Lipinski definition) is 4. The number of unbranched alkanes of at least 4 members (excludes halogenated alkanes) is 2. The maximum Gasteiger partial charge on any atom is 0.332 e. The Morgan fingerprint density at radius 1 is 1.20 bits per heavy atom. The highest BCUT2D eigenvalue weighted by Gasteiger charge is 2.11. The van der Waals surface area contributed by atoms with Crippen molar-refractivity contribution in [1.29, 1.82) is 0 Å². The van der Waals surface area contributed by atoms with Crippen LogP contribution >= 0.6 is 0 Å². The molecule has 7 nitrogen and oxygen atoms in total. The largest absolute Gasteiger partial charge is 0.348 e. The average molecular weight is 276 g/mol. The van der Waals surface area contributed by atoms with Crippen molar-refractivity contribution >= 4 is 5.69 Å². The molecule has 0 N–H and O–H groups in total. The van der Waals surface area contributed by atoms with Gasteiger partial charge < -0.3 is 4.57 Å². The maximum atomic E-state index is 11.3. The van der Waals surface area contributed by atoms with Crippen LogP contribution in [0.1, 0.15) is 19.3 Å². The van der Waals surface area contributed by atoms with Crippen LogP contribution in [-0.2, 0) is 13.1 Å². The summed E-state index contributed by atoms with van der Waals surface area (Å²) in [6.07, 6.45) is 9.47. The van der Waals surface area contributed by atoms with Gasteiger partial charge in [-0.1, -0.05) is 0 Å². The van der Waals surface area contributed by atoms with E-state index in [1.54, 1.807) is 17.0 Å². The lowest BCUT2D eigenvalue weighted by molar-refractivity contribution is -0.386. The first kappa shape index (κ1) is 14.0. The van der Waals surface area contributed by atoms with Gasteiger partial charge in [0.15, 0.2) is 0 Å². The van der Waals surface area contributed by atoms with E-state index in [0.29, 0.717) is 6.54 Å². The zero-order chi connectivity index (χ0) is 14.4. The minimum absolute atomic E-state index is 0.371. The van der Waals surface area contributed by atoms with Crippen molar-refractivity contribution in [3.63, 3.8) is 0 Å². The summed E-state index contributed by atoms with van der Waals surface area (Å²) >= 11 is 0. The highest BCUT2D eigenvalue weighted by atomic mass is 16.6. The molecule has 0 unspecified atom stereocenters. The summed E-state index contributed by atoms with van der Waals surface area (Å²) < 4.78 is 3.57. The second kappa shape index (κ2) is 6.65. The Morgan fingerprint density at radius 3 is 2.70 bits per heavy atom. The second-order valence-electron chi connectivity index (χ2n) is 4.52. The molecular weight excluding hydrogens is 260 g/mol. The Bertz CT molecular complexity index is 619. The van der Waals surface area contributed by atoms with Crippen molar-refractivity contribution in [1.82, 2.24) is 14.3 Å². The summed E-state index contributed by atoms with van der Waals surface area (Å²) in [7, 11) is 0. The van der Waals surface area contributed by atoms with Gasteiger partial charge in [-0.3, -0.25) is 19.6 Å². The zero-order valence-electron chi connectivity index (χ0n) is 11.0. The normalized spacial score (nSPS) is 10.6. The van der Waals surface area contributed by atoms with E-state index in [-0.39, 0.29) is 5.69 Å². The third kappa shape index (κ3) is 3.78. The van der Waals surface area contributed by atoms with E-state index in [4.69, 9.17) is 0 Å². The van der Waals surface area contributed by atoms with Crippen molar-refractivity contribution in [2.75, 3.05) is 0 Å². The zero-order valence-corrected chi connectivity index (χ0v) is 11.0. The number of nitro groups is 1. The van der Waals surface area contributed by atoms with Gasteiger partial charge in [-0.25, -0.2) is 0 Å². The lowest BCUT2D eigenvalue weighted by atomic mass is 10.2. The number of aryl methyl sites for hydroxylation is 2. The molecule has 2 rings (SSSR count).